The number of hydrogen-bond acceptors (Lipinski definition) is 8. The molecule has 13 nitrogen and oxygen atoms in total. The van der Waals surface area contributed by atoms with Gasteiger partial charge in [0.2, 0.25) is 11.8 Å². The minimum atomic E-state index is -1.46. The third-order valence-corrected chi connectivity index (χ3v) is 3.38. The van der Waals surface area contributed by atoms with Crippen molar-refractivity contribution in [3.05, 3.63) is 57.6 Å². The quantitative estimate of drug-likeness (QED) is 0.220. The highest BCUT2D eigenvalue weighted by Gasteiger charge is 2.23. The summed E-state index contributed by atoms with van der Waals surface area (Å²) >= 11 is 0. The second-order valence-corrected chi connectivity index (χ2v) is 5.70. The van der Waals surface area contributed by atoms with Gasteiger partial charge in [0.25, 0.3) is 5.69 Å². The molecule has 0 aliphatic carbocycles. The summed E-state index contributed by atoms with van der Waals surface area (Å²) < 4.78 is 0. The molecule has 0 saturated heterocycles. The van der Waals surface area contributed by atoms with E-state index in [1.54, 1.807) is 6.07 Å². The Morgan fingerprint density at radius 1 is 0.844 bits per heavy atom. The van der Waals surface area contributed by atoms with Crippen LogP contribution >= 0.6 is 0 Å². The van der Waals surface area contributed by atoms with Crippen molar-refractivity contribution in [3.8, 4) is 0 Å². The maximum Gasteiger partial charge on any atom is 0.344 e. The van der Waals surface area contributed by atoms with Crippen LogP contribution in [-0.4, -0.2) is 51.1 Å². The number of anilines is 3. The molecule has 13 heteroatoms. The Morgan fingerprint density at radius 3 is 1.62 bits per heavy atom. The fourth-order valence-corrected chi connectivity index (χ4v) is 2.31. The van der Waals surface area contributed by atoms with Crippen LogP contribution in [0.4, 0.5) is 22.7 Å². The van der Waals surface area contributed by atoms with Crippen LogP contribution in [0, 0.1) is 10.1 Å². The minimum absolute atomic E-state index is 0.0808. The molecule has 0 unspecified atom stereocenters. The van der Waals surface area contributed by atoms with Gasteiger partial charge in [-0.25, -0.2) is 9.59 Å². The number of nitro benzene ring substituents is 1. The number of nitrogens with zero attached hydrogens (tertiary/aromatic N) is 1. The predicted molar refractivity (Wildman–Crippen MR) is 115 cm³/mol. The van der Waals surface area contributed by atoms with Gasteiger partial charge in [-0.05, 0) is 18.2 Å². The van der Waals surface area contributed by atoms with E-state index in [1.165, 1.54) is 38.1 Å². The first-order valence-corrected chi connectivity index (χ1v) is 8.58. The van der Waals surface area contributed by atoms with Gasteiger partial charge in [0.1, 0.15) is 5.56 Å². The van der Waals surface area contributed by atoms with E-state index in [1.807, 2.05) is 0 Å². The number of hydrogen-bond donors (Lipinski definition) is 6. The Balaban J connectivity index is 0.000000561. The van der Waals surface area contributed by atoms with Crippen molar-refractivity contribution in [2.75, 3.05) is 23.5 Å². The number of benzene rings is 2. The number of nitro groups is 1. The van der Waals surface area contributed by atoms with E-state index in [2.05, 4.69) is 10.6 Å². The summed E-state index contributed by atoms with van der Waals surface area (Å²) in [5.74, 6) is -3.45. The molecule has 2 rings (SSSR count). The SMILES string of the molecule is CC(=O)Nc1cccc(N)c1C(=O)O.CC(=O)Nc1cccc([N+](=O)[O-])c1C(=O)O.CO. The molecule has 0 radical (unpaired) electrons. The largest absolute Gasteiger partial charge is 0.478 e. The van der Waals surface area contributed by atoms with Crippen LogP contribution in [-0.2, 0) is 9.59 Å². The topological polar surface area (TPSA) is 222 Å². The van der Waals surface area contributed by atoms with Crippen molar-refractivity contribution in [3.63, 3.8) is 0 Å². The lowest BCUT2D eigenvalue weighted by molar-refractivity contribution is -0.385. The molecule has 0 aromatic heterocycles. The number of aliphatic hydroxyl groups excluding tert-OH is 1. The molecule has 0 saturated carbocycles. The Kier molecular flexibility index (Phi) is 11.1. The van der Waals surface area contributed by atoms with Crippen LogP contribution < -0.4 is 16.4 Å². The number of aliphatic hydroxyl groups is 1. The van der Waals surface area contributed by atoms with Crippen molar-refractivity contribution in [1.29, 1.82) is 0 Å². The van der Waals surface area contributed by atoms with E-state index in [9.17, 15) is 29.3 Å². The number of aromatic carboxylic acids is 2. The zero-order valence-corrected chi connectivity index (χ0v) is 17.3. The van der Waals surface area contributed by atoms with E-state index >= 15 is 0 Å². The van der Waals surface area contributed by atoms with Gasteiger partial charge < -0.3 is 31.7 Å². The fourth-order valence-electron chi connectivity index (χ4n) is 2.31. The molecule has 2 amide bonds. The molecular formula is C19H22N4O9. The maximum atomic E-state index is 10.9. The number of carbonyl (C=O) groups is 4. The van der Waals surface area contributed by atoms with E-state index in [0.717, 1.165) is 13.2 Å². The summed E-state index contributed by atoms with van der Waals surface area (Å²) in [6, 6.07) is 8.19. The fraction of sp³-hybridized carbons (Fsp3) is 0.158. The van der Waals surface area contributed by atoms with Crippen LogP contribution in [0.1, 0.15) is 34.6 Å². The Hall–Kier alpha value is -4.52. The minimum Gasteiger partial charge on any atom is -0.478 e. The van der Waals surface area contributed by atoms with Crippen molar-refractivity contribution >= 4 is 46.5 Å². The molecule has 0 atom stereocenters. The lowest BCUT2D eigenvalue weighted by Crippen LogP contribution is -2.12. The Bertz CT molecular complexity index is 1020. The van der Waals surface area contributed by atoms with Crippen LogP contribution in [0.3, 0.4) is 0 Å². The number of carbonyl (C=O) groups excluding carboxylic acids is 2. The summed E-state index contributed by atoms with van der Waals surface area (Å²) in [6.07, 6.45) is 0. The van der Waals surface area contributed by atoms with Gasteiger partial charge in [0, 0.05) is 32.7 Å². The molecule has 0 aliphatic heterocycles. The molecule has 0 spiro atoms. The second-order valence-electron chi connectivity index (χ2n) is 5.70. The molecule has 32 heavy (non-hydrogen) atoms. The number of amides is 2. The molecule has 0 heterocycles. The van der Waals surface area contributed by atoms with Gasteiger partial charge in [-0.15, -0.1) is 0 Å². The van der Waals surface area contributed by atoms with Crippen molar-refractivity contribution in [2.45, 2.75) is 13.8 Å². The first kappa shape index (κ1) is 27.5. The zero-order valence-electron chi connectivity index (χ0n) is 17.3. The molecule has 0 aliphatic rings. The summed E-state index contributed by atoms with van der Waals surface area (Å²) in [5, 5.41) is 39.9. The number of nitrogens with one attached hydrogen (secondary N) is 2. The number of rotatable bonds is 5. The Labute approximate surface area is 181 Å². The van der Waals surface area contributed by atoms with Gasteiger partial charge in [0.05, 0.1) is 16.3 Å². The molecule has 7 N–H and O–H groups in total. The van der Waals surface area contributed by atoms with Gasteiger partial charge in [-0.3, -0.25) is 19.7 Å². The van der Waals surface area contributed by atoms with E-state index in [-0.39, 0.29) is 28.5 Å². The van der Waals surface area contributed by atoms with Crippen LogP contribution in [0.2, 0.25) is 0 Å². The molecule has 172 valence electrons. The summed E-state index contributed by atoms with van der Waals surface area (Å²) in [5.41, 5.74) is 4.56. The second kappa shape index (κ2) is 12.9. The van der Waals surface area contributed by atoms with Gasteiger partial charge in [0.15, 0.2) is 5.56 Å². The molecule has 2 aromatic rings. The summed E-state index contributed by atoms with van der Waals surface area (Å²) in [4.78, 5) is 53.0. The molecule has 0 fully saturated rings. The van der Waals surface area contributed by atoms with Crippen LogP contribution in [0.25, 0.3) is 0 Å². The predicted octanol–water partition coefficient (Wildman–Crippen LogP) is 1.79. The first-order valence-electron chi connectivity index (χ1n) is 8.58. The van der Waals surface area contributed by atoms with Crippen molar-refractivity contribution in [2.24, 2.45) is 0 Å². The lowest BCUT2D eigenvalue weighted by atomic mass is 10.1. The summed E-state index contributed by atoms with van der Waals surface area (Å²) in [6.45, 7) is 2.49. The molecule has 2 aromatic carbocycles. The number of carboxylic acids is 2. The normalized spacial score (nSPS) is 9.12. The first-order chi connectivity index (χ1) is 15.0. The van der Waals surface area contributed by atoms with Crippen molar-refractivity contribution < 1.29 is 39.4 Å². The highest BCUT2D eigenvalue weighted by atomic mass is 16.6. The number of nitrogens with two attached hydrogens (primary N) is 1. The number of nitrogen functional groups attached to an aromatic ring is 1. The number of carboxylic acid groups (broad SMARTS) is 2. The van der Waals surface area contributed by atoms with Crippen molar-refractivity contribution in [1.82, 2.24) is 0 Å². The maximum absolute atomic E-state index is 10.9. The zero-order chi connectivity index (χ0) is 25.0. The van der Waals surface area contributed by atoms with Gasteiger partial charge in [-0.1, -0.05) is 12.1 Å². The summed E-state index contributed by atoms with van der Waals surface area (Å²) in [7, 11) is 1.00. The smallest absolute Gasteiger partial charge is 0.344 e. The third kappa shape index (κ3) is 8.08. The van der Waals surface area contributed by atoms with E-state index in [4.69, 9.17) is 21.1 Å². The average Bonchev–Trinajstić information content (AvgIpc) is 2.68. The standard InChI is InChI=1S/C9H8N2O5.C9H10N2O3.CH4O/c1-5(12)10-6-3-2-4-7(11(15)16)8(6)9(13)14;1-5(12)11-7-4-2-3-6(10)8(7)9(13)14;1-2/h2-4H,1H3,(H,10,12)(H,13,14);2-4H,10H2,1H3,(H,11,12)(H,13,14);2H,1H3. The monoisotopic (exact) mass is 450 g/mol. The van der Waals surface area contributed by atoms with Gasteiger partial charge in [-0.2, -0.15) is 0 Å². The molecule has 0 bridgehead atoms. The van der Waals surface area contributed by atoms with Gasteiger partial charge >= 0.3 is 11.9 Å². The Morgan fingerprint density at radius 2 is 1.25 bits per heavy atom. The molecular weight excluding hydrogens is 428 g/mol. The van der Waals surface area contributed by atoms with Crippen LogP contribution in [0.15, 0.2) is 36.4 Å². The third-order valence-electron chi connectivity index (χ3n) is 3.38. The highest BCUT2D eigenvalue weighted by Crippen LogP contribution is 2.26. The average molecular weight is 450 g/mol. The highest BCUT2D eigenvalue weighted by molar-refractivity contribution is 6.04. The van der Waals surface area contributed by atoms with E-state index < -0.39 is 34.0 Å². The van der Waals surface area contributed by atoms with Crippen LogP contribution in [0.5, 0.6) is 0 Å². The van der Waals surface area contributed by atoms with E-state index in [0.29, 0.717) is 0 Å². The lowest BCUT2D eigenvalue weighted by Gasteiger charge is -2.08.